The van der Waals surface area contributed by atoms with Crippen LogP contribution in [-0.4, -0.2) is 40.6 Å². The highest BCUT2D eigenvalue weighted by Gasteiger charge is 2.28. The van der Waals surface area contributed by atoms with E-state index in [1.54, 1.807) is 0 Å². The number of fused-ring (bicyclic) bond motifs is 1. The van der Waals surface area contributed by atoms with Gasteiger partial charge in [-0.05, 0) is 25.7 Å². The Labute approximate surface area is 119 Å². The van der Waals surface area contributed by atoms with Gasteiger partial charge in [0.15, 0.2) is 0 Å². The summed E-state index contributed by atoms with van der Waals surface area (Å²) < 4.78 is 6.68. The van der Waals surface area contributed by atoms with Crippen LogP contribution in [0.15, 0.2) is 6.20 Å². The first kappa shape index (κ1) is 15.0. The SMILES string of the molecule is CCC(NC1CCCc2c1cnn2CCO)C(=O)OC. The van der Waals surface area contributed by atoms with E-state index in [4.69, 9.17) is 9.84 Å². The minimum atomic E-state index is -0.280. The van der Waals surface area contributed by atoms with Crippen molar-refractivity contribution in [3.8, 4) is 0 Å². The lowest BCUT2D eigenvalue weighted by molar-refractivity contribution is -0.143. The summed E-state index contributed by atoms with van der Waals surface area (Å²) in [5, 5.41) is 16.8. The number of ether oxygens (including phenoxy) is 1. The Kier molecular flexibility index (Phi) is 5.14. The molecule has 0 bridgehead atoms. The normalized spacial score (nSPS) is 19.4. The Hall–Kier alpha value is -1.40. The van der Waals surface area contributed by atoms with E-state index in [9.17, 15) is 4.79 Å². The highest BCUT2D eigenvalue weighted by atomic mass is 16.5. The largest absolute Gasteiger partial charge is 0.468 e. The van der Waals surface area contributed by atoms with Crippen molar-refractivity contribution in [2.45, 2.75) is 51.2 Å². The molecule has 0 aromatic carbocycles. The average Bonchev–Trinajstić information content (AvgIpc) is 2.88. The number of carbonyl (C=O) groups is 1. The first-order valence-corrected chi connectivity index (χ1v) is 7.20. The van der Waals surface area contributed by atoms with Crippen molar-refractivity contribution in [1.29, 1.82) is 0 Å². The van der Waals surface area contributed by atoms with Crippen LogP contribution in [0, 0.1) is 0 Å². The summed E-state index contributed by atoms with van der Waals surface area (Å²) >= 11 is 0. The number of esters is 1. The lowest BCUT2D eigenvalue weighted by atomic mass is 9.92. The van der Waals surface area contributed by atoms with Crippen LogP contribution in [-0.2, 0) is 22.5 Å². The average molecular weight is 281 g/mol. The molecule has 6 heteroatoms. The first-order chi connectivity index (χ1) is 9.71. The summed E-state index contributed by atoms with van der Waals surface area (Å²) in [6.07, 6.45) is 5.57. The predicted octanol–water partition coefficient (Wildman–Crippen LogP) is 0.794. The number of hydrogen-bond donors (Lipinski definition) is 2. The molecule has 6 nitrogen and oxygen atoms in total. The van der Waals surface area contributed by atoms with Crippen LogP contribution in [0.25, 0.3) is 0 Å². The lowest BCUT2D eigenvalue weighted by Gasteiger charge is -2.27. The fraction of sp³-hybridized carbons (Fsp3) is 0.714. The number of carbonyl (C=O) groups excluding carboxylic acids is 1. The minimum absolute atomic E-state index is 0.0892. The molecular formula is C14H23N3O3. The first-order valence-electron chi connectivity index (χ1n) is 7.20. The van der Waals surface area contributed by atoms with Crippen LogP contribution in [0.3, 0.4) is 0 Å². The molecule has 0 saturated carbocycles. The highest BCUT2D eigenvalue weighted by Crippen LogP contribution is 2.30. The van der Waals surface area contributed by atoms with Gasteiger partial charge in [0.1, 0.15) is 6.04 Å². The van der Waals surface area contributed by atoms with Gasteiger partial charge < -0.3 is 9.84 Å². The number of aromatic nitrogens is 2. The molecule has 20 heavy (non-hydrogen) atoms. The van der Waals surface area contributed by atoms with Crippen LogP contribution in [0.1, 0.15) is 43.5 Å². The second-order valence-electron chi connectivity index (χ2n) is 5.09. The van der Waals surface area contributed by atoms with E-state index in [1.165, 1.54) is 12.8 Å². The number of nitrogens with one attached hydrogen (secondary N) is 1. The molecule has 112 valence electrons. The minimum Gasteiger partial charge on any atom is -0.468 e. The van der Waals surface area contributed by atoms with Gasteiger partial charge in [-0.3, -0.25) is 14.8 Å². The zero-order valence-electron chi connectivity index (χ0n) is 12.1. The number of aliphatic hydroxyl groups excluding tert-OH is 1. The molecule has 2 N–H and O–H groups in total. The van der Waals surface area contributed by atoms with Gasteiger partial charge in [-0.15, -0.1) is 0 Å². The molecule has 1 aliphatic carbocycles. The summed E-state index contributed by atoms with van der Waals surface area (Å²) in [5.74, 6) is -0.220. The number of hydrogen-bond acceptors (Lipinski definition) is 5. The van der Waals surface area contributed by atoms with Gasteiger partial charge in [-0.2, -0.15) is 5.10 Å². The van der Waals surface area contributed by atoms with E-state index >= 15 is 0 Å². The lowest BCUT2D eigenvalue weighted by Crippen LogP contribution is -2.40. The van der Waals surface area contributed by atoms with E-state index in [1.807, 2.05) is 17.8 Å². The summed E-state index contributed by atoms with van der Waals surface area (Å²) in [6.45, 7) is 2.58. The van der Waals surface area contributed by atoms with Crippen molar-refractivity contribution < 1.29 is 14.6 Å². The molecule has 0 spiro atoms. The topological polar surface area (TPSA) is 76.4 Å². The molecule has 0 aliphatic heterocycles. The molecule has 0 amide bonds. The maximum Gasteiger partial charge on any atom is 0.322 e. The Bertz CT molecular complexity index is 459. The van der Waals surface area contributed by atoms with E-state index in [-0.39, 0.29) is 24.7 Å². The van der Waals surface area contributed by atoms with Gasteiger partial charge in [0.25, 0.3) is 0 Å². The molecule has 0 radical (unpaired) electrons. The van der Waals surface area contributed by atoms with Crippen LogP contribution >= 0.6 is 0 Å². The van der Waals surface area contributed by atoms with Crippen LogP contribution in [0.4, 0.5) is 0 Å². The molecule has 2 unspecified atom stereocenters. The number of aliphatic hydroxyl groups is 1. The van der Waals surface area contributed by atoms with Crippen LogP contribution in [0.2, 0.25) is 0 Å². The van der Waals surface area contributed by atoms with Crippen LogP contribution < -0.4 is 5.32 Å². The third kappa shape index (κ3) is 3.02. The zero-order valence-corrected chi connectivity index (χ0v) is 12.1. The molecule has 0 fully saturated rings. The van der Waals surface area contributed by atoms with Crippen molar-refractivity contribution in [3.63, 3.8) is 0 Å². The van der Waals surface area contributed by atoms with Gasteiger partial charge in [0.2, 0.25) is 0 Å². The molecule has 2 rings (SSSR count). The number of rotatable bonds is 6. The van der Waals surface area contributed by atoms with Gasteiger partial charge >= 0.3 is 5.97 Å². The molecule has 0 saturated heterocycles. The summed E-state index contributed by atoms with van der Waals surface area (Å²) in [6, 6.07) is -0.146. The number of methoxy groups -OCH3 is 1. The third-order valence-corrected chi connectivity index (χ3v) is 3.87. The van der Waals surface area contributed by atoms with Crippen molar-refractivity contribution in [1.82, 2.24) is 15.1 Å². The summed E-state index contributed by atoms with van der Waals surface area (Å²) in [5.41, 5.74) is 2.31. The molecule has 1 aromatic rings. The standard InChI is InChI=1S/C14H23N3O3/c1-3-11(14(19)20-2)16-12-5-4-6-13-10(12)9-15-17(13)7-8-18/h9,11-12,16,18H,3-8H2,1-2H3. The Morgan fingerprint density at radius 3 is 3.15 bits per heavy atom. The second kappa shape index (κ2) is 6.85. The van der Waals surface area contributed by atoms with Gasteiger partial charge in [-0.1, -0.05) is 6.92 Å². The maximum absolute atomic E-state index is 11.7. The fourth-order valence-electron chi connectivity index (χ4n) is 2.82. The fourth-order valence-corrected chi connectivity index (χ4v) is 2.82. The second-order valence-corrected chi connectivity index (χ2v) is 5.09. The van der Waals surface area contributed by atoms with E-state index in [0.29, 0.717) is 13.0 Å². The van der Waals surface area contributed by atoms with Crippen molar-refractivity contribution in [3.05, 3.63) is 17.5 Å². The van der Waals surface area contributed by atoms with Crippen molar-refractivity contribution in [2.24, 2.45) is 0 Å². The van der Waals surface area contributed by atoms with E-state index in [2.05, 4.69) is 10.4 Å². The Morgan fingerprint density at radius 2 is 2.50 bits per heavy atom. The molecular weight excluding hydrogens is 258 g/mol. The summed E-state index contributed by atoms with van der Waals surface area (Å²) in [7, 11) is 1.41. The van der Waals surface area contributed by atoms with Crippen molar-refractivity contribution in [2.75, 3.05) is 13.7 Å². The molecule has 2 atom stereocenters. The number of nitrogens with zero attached hydrogens (tertiary/aromatic N) is 2. The van der Waals surface area contributed by atoms with E-state index < -0.39 is 0 Å². The predicted molar refractivity (Wildman–Crippen MR) is 74.2 cm³/mol. The highest BCUT2D eigenvalue weighted by molar-refractivity contribution is 5.75. The van der Waals surface area contributed by atoms with Crippen LogP contribution in [0.5, 0.6) is 0 Å². The van der Waals surface area contributed by atoms with Crippen molar-refractivity contribution >= 4 is 5.97 Å². The molecule has 1 aromatic heterocycles. The Balaban J connectivity index is 2.14. The molecule has 1 aliphatic rings. The monoisotopic (exact) mass is 281 g/mol. The van der Waals surface area contributed by atoms with E-state index in [0.717, 1.165) is 24.8 Å². The Morgan fingerprint density at radius 1 is 1.70 bits per heavy atom. The van der Waals surface area contributed by atoms with Gasteiger partial charge in [0, 0.05) is 17.3 Å². The maximum atomic E-state index is 11.7. The van der Waals surface area contributed by atoms with Gasteiger partial charge in [-0.25, -0.2) is 0 Å². The third-order valence-electron chi connectivity index (χ3n) is 3.87. The zero-order chi connectivity index (χ0) is 14.5. The van der Waals surface area contributed by atoms with Gasteiger partial charge in [0.05, 0.1) is 26.5 Å². The molecule has 1 heterocycles. The summed E-state index contributed by atoms with van der Waals surface area (Å²) in [4.78, 5) is 11.7. The smallest absolute Gasteiger partial charge is 0.322 e. The quantitative estimate of drug-likeness (QED) is 0.754.